The number of hydrogen-bond acceptors (Lipinski definition) is 3. The summed E-state index contributed by atoms with van der Waals surface area (Å²) >= 11 is 13.8. The molecule has 0 saturated heterocycles. The van der Waals surface area contributed by atoms with Gasteiger partial charge in [0.05, 0.1) is 27.2 Å². The number of imidazole rings is 1. The van der Waals surface area contributed by atoms with E-state index in [9.17, 15) is 5.11 Å². The number of aromatic nitrogens is 2. The topological polar surface area (TPSA) is 38.0 Å². The van der Waals surface area contributed by atoms with Gasteiger partial charge in [-0.15, -0.1) is 18.3 Å². The number of nitrogens with zero attached hydrogens (tertiary/aromatic N) is 2. The Balaban J connectivity index is 2.01. The summed E-state index contributed by atoms with van der Waals surface area (Å²) in [5.41, 5.74) is 0.830. The maximum Gasteiger partial charge on any atom is 0.0971 e. The van der Waals surface area contributed by atoms with Crippen molar-refractivity contribution in [1.82, 2.24) is 9.55 Å². The van der Waals surface area contributed by atoms with Crippen LogP contribution in [0.5, 0.6) is 0 Å². The monoisotopic (exact) mass is 340 g/mol. The molecule has 0 amide bonds. The normalized spacial score (nSPS) is 24.0. The molecule has 1 aromatic carbocycles. The standard InChI is InChI=1S/C15H14Cl2N2OS/c1-2-3-15(8-19-5-4-18-9-19)14(20)10-6-11(16)12(17)7-13(10)21-15/h2,4-7,9,14,20H,1,3,8H2/t14-,15-/m0/s1. The molecule has 2 heterocycles. The van der Waals surface area contributed by atoms with Crippen molar-refractivity contribution >= 4 is 35.0 Å². The molecule has 21 heavy (non-hydrogen) atoms. The average molecular weight is 341 g/mol. The Hall–Kier alpha value is -0.940. The zero-order valence-electron chi connectivity index (χ0n) is 11.2. The Kier molecular flexibility index (Phi) is 4.06. The molecular weight excluding hydrogens is 327 g/mol. The molecule has 0 fully saturated rings. The minimum absolute atomic E-state index is 0.418. The fourth-order valence-corrected chi connectivity index (χ4v) is 4.63. The van der Waals surface area contributed by atoms with E-state index in [0.717, 1.165) is 10.5 Å². The van der Waals surface area contributed by atoms with Crippen LogP contribution >= 0.6 is 35.0 Å². The van der Waals surface area contributed by atoms with Crippen molar-refractivity contribution in [3.05, 3.63) is 59.1 Å². The van der Waals surface area contributed by atoms with Crippen molar-refractivity contribution in [2.75, 3.05) is 0 Å². The van der Waals surface area contributed by atoms with Crippen LogP contribution in [0.3, 0.4) is 0 Å². The van der Waals surface area contributed by atoms with E-state index in [4.69, 9.17) is 23.2 Å². The van der Waals surface area contributed by atoms with Gasteiger partial charge >= 0.3 is 0 Å². The number of allylic oxidation sites excluding steroid dienone is 1. The molecular formula is C15H14Cl2N2OS. The zero-order valence-corrected chi connectivity index (χ0v) is 13.5. The molecule has 0 radical (unpaired) electrons. The Morgan fingerprint density at radius 1 is 1.43 bits per heavy atom. The van der Waals surface area contributed by atoms with E-state index in [1.807, 2.05) is 22.9 Å². The van der Waals surface area contributed by atoms with Gasteiger partial charge in [0.1, 0.15) is 0 Å². The van der Waals surface area contributed by atoms with Crippen LogP contribution in [0.25, 0.3) is 0 Å². The summed E-state index contributed by atoms with van der Waals surface area (Å²) in [7, 11) is 0. The van der Waals surface area contributed by atoms with Gasteiger partial charge in [-0.1, -0.05) is 29.3 Å². The van der Waals surface area contributed by atoms with Crippen molar-refractivity contribution in [1.29, 1.82) is 0 Å². The SMILES string of the molecule is C=CC[C@@]1(Cn2ccnc2)Sc2cc(Cl)c(Cl)cc2[C@@H]1O. The van der Waals surface area contributed by atoms with Crippen molar-refractivity contribution < 1.29 is 5.11 Å². The van der Waals surface area contributed by atoms with E-state index in [2.05, 4.69) is 11.6 Å². The van der Waals surface area contributed by atoms with Gasteiger partial charge < -0.3 is 9.67 Å². The third-order valence-electron chi connectivity index (χ3n) is 3.66. The summed E-state index contributed by atoms with van der Waals surface area (Å²) < 4.78 is 1.55. The highest BCUT2D eigenvalue weighted by Crippen LogP contribution is 2.56. The molecule has 1 aliphatic rings. The van der Waals surface area contributed by atoms with Gasteiger partial charge in [0.25, 0.3) is 0 Å². The Bertz CT molecular complexity index is 675. The van der Waals surface area contributed by atoms with Crippen LogP contribution < -0.4 is 0 Å². The van der Waals surface area contributed by atoms with Crippen molar-refractivity contribution in [2.45, 2.75) is 28.7 Å². The maximum absolute atomic E-state index is 10.8. The number of hydrogen-bond donors (Lipinski definition) is 1. The summed E-state index contributed by atoms with van der Waals surface area (Å²) in [6.07, 6.45) is 7.24. The Morgan fingerprint density at radius 2 is 2.19 bits per heavy atom. The molecule has 0 spiro atoms. The largest absolute Gasteiger partial charge is 0.387 e. The van der Waals surface area contributed by atoms with E-state index in [1.54, 1.807) is 30.4 Å². The van der Waals surface area contributed by atoms with Crippen molar-refractivity contribution in [3.63, 3.8) is 0 Å². The Labute approximate surface area is 137 Å². The smallest absolute Gasteiger partial charge is 0.0971 e. The van der Waals surface area contributed by atoms with Gasteiger partial charge in [-0.3, -0.25) is 0 Å². The van der Waals surface area contributed by atoms with Crippen LogP contribution in [0.2, 0.25) is 10.0 Å². The number of benzene rings is 1. The first-order chi connectivity index (χ1) is 10.1. The molecule has 0 bridgehead atoms. The van der Waals surface area contributed by atoms with Gasteiger partial charge in [-0.2, -0.15) is 0 Å². The molecule has 0 unspecified atom stereocenters. The number of thioether (sulfide) groups is 1. The van der Waals surface area contributed by atoms with Crippen LogP contribution in [0.4, 0.5) is 0 Å². The molecule has 3 rings (SSSR count). The Morgan fingerprint density at radius 3 is 2.86 bits per heavy atom. The van der Waals surface area contributed by atoms with Gasteiger partial charge in [-0.05, 0) is 24.1 Å². The first-order valence-corrected chi connectivity index (χ1v) is 8.05. The highest BCUT2D eigenvalue weighted by molar-refractivity contribution is 8.01. The molecule has 110 valence electrons. The number of fused-ring (bicyclic) bond motifs is 1. The lowest BCUT2D eigenvalue weighted by atomic mass is 9.92. The molecule has 1 N–H and O–H groups in total. The number of rotatable bonds is 4. The molecule has 6 heteroatoms. The molecule has 0 aliphatic carbocycles. The quantitative estimate of drug-likeness (QED) is 0.841. The number of halogens is 2. The highest BCUT2D eigenvalue weighted by Gasteiger charge is 2.46. The summed E-state index contributed by atoms with van der Waals surface area (Å²) in [6.45, 7) is 4.46. The second-order valence-electron chi connectivity index (χ2n) is 5.10. The van der Waals surface area contributed by atoms with E-state index in [-0.39, 0.29) is 0 Å². The second kappa shape index (κ2) is 5.69. The van der Waals surface area contributed by atoms with E-state index in [1.165, 1.54) is 0 Å². The molecule has 2 atom stereocenters. The fourth-order valence-electron chi connectivity index (χ4n) is 2.67. The third kappa shape index (κ3) is 2.61. The van der Waals surface area contributed by atoms with Crippen LogP contribution in [0.1, 0.15) is 18.1 Å². The molecule has 0 saturated carbocycles. The highest BCUT2D eigenvalue weighted by atomic mass is 35.5. The predicted octanol–water partition coefficient (Wildman–Crippen LogP) is 4.34. The molecule has 3 nitrogen and oxygen atoms in total. The predicted molar refractivity (Wildman–Crippen MR) is 87.1 cm³/mol. The minimum atomic E-state index is -0.632. The third-order valence-corrected chi connectivity index (χ3v) is 5.88. The van der Waals surface area contributed by atoms with Crippen molar-refractivity contribution in [3.8, 4) is 0 Å². The molecule has 1 aliphatic heterocycles. The summed E-state index contributed by atoms with van der Waals surface area (Å²) in [4.78, 5) is 5.03. The maximum atomic E-state index is 10.8. The van der Waals surface area contributed by atoms with Crippen LogP contribution in [-0.4, -0.2) is 19.4 Å². The lowest BCUT2D eigenvalue weighted by Crippen LogP contribution is -2.33. The second-order valence-corrected chi connectivity index (χ2v) is 7.37. The van der Waals surface area contributed by atoms with Gasteiger partial charge in [0, 0.05) is 23.8 Å². The van der Waals surface area contributed by atoms with Gasteiger partial charge in [0.15, 0.2) is 0 Å². The lowest BCUT2D eigenvalue weighted by Gasteiger charge is -2.31. The average Bonchev–Trinajstić information content (AvgIpc) is 3.02. The zero-order chi connectivity index (χ0) is 15.0. The van der Waals surface area contributed by atoms with E-state index in [0.29, 0.717) is 23.0 Å². The molecule has 1 aromatic heterocycles. The number of aliphatic hydroxyl groups excluding tert-OH is 1. The molecule has 2 aromatic rings. The lowest BCUT2D eigenvalue weighted by molar-refractivity contribution is 0.123. The first-order valence-electron chi connectivity index (χ1n) is 6.48. The van der Waals surface area contributed by atoms with Crippen molar-refractivity contribution in [2.24, 2.45) is 0 Å². The van der Waals surface area contributed by atoms with Gasteiger partial charge in [-0.25, -0.2) is 4.98 Å². The first kappa shape index (κ1) is 15.0. The van der Waals surface area contributed by atoms with E-state index >= 15 is 0 Å². The van der Waals surface area contributed by atoms with Crippen LogP contribution in [0, 0.1) is 0 Å². The van der Waals surface area contributed by atoms with Crippen LogP contribution in [-0.2, 0) is 6.54 Å². The summed E-state index contributed by atoms with van der Waals surface area (Å²) in [6, 6.07) is 3.58. The minimum Gasteiger partial charge on any atom is -0.387 e. The summed E-state index contributed by atoms with van der Waals surface area (Å²) in [5.74, 6) is 0. The number of aliphatic hydroxyl groups is 1. The van der Waals surface area contributed by atoms with Crippen LogP contribution in [0.15, 0.2) is 48.4 Å². The van der Waals surface area contributed by atoms with E-state index < -0.39 is 10.9 Å². The summed E-state index contributed by atoms with van der Waals surface area (Å²) in [5, 5.41) is 11.8. The van der Waals surface area contributed by atoms with Gasteiger partial charge in [0.2, 0.25) is 0 Å². The fraction of sp³-hybridized carbons (Fsp3) is 0.267.